The number of esters is 1. The first-order valence-corrected chi connectivity index (χ1v) is 7.32. The highest BCUT2D eigenvalue weighted by Gasteiger charge is 2.14. The van der Waals surface area contributed by atoms with Gasteiger partial charge in [0.1, 0.15) is 5.71 Å². The number of nitrogens with zero attached hydrogens (tertiary/aromatic N) is 1. The molecule has 122 valence electrons. The Morgan fingerprint density at radius 1 is 1.12 bits per heavy atom. The number of methoxy groups -OCH3 is 1. The minimum Gasteiger partial charge on any atom is -0.465 e. The normalized spacial score (nSPS) is 10.8. The van der Waals surface area contributed by atoms with Gasteiger partial charge in [-0.2, -0.15) is 0 Å². The average molecular weight is 322 g/mol. The van der Waals surface area contributed by atoms with Crippen molar-refractivity contribution >= 4 is 35.0 Å². The molecule has 0 aliphatic carbocycles. The number of ether oxygens (including phenoxy) is 1. The van der Waals surface area contributed by atoms with Gasteiger partial charge in [0.25, 0.3) is 5.91 Å². The van der Waals surface area contributed by atoms with Gasteiger partial charge in [-0.25, -0.2) is 9.79 Å². The first-order valence-electron chi connectivity index (χ1n) is 7.32. The topological polar surface area (TPSA) is 67.8 Å². The van der Waals surface area contributed by atoms with Gasteiger partial charge in [-0.1, -0.05) is 43.0 Å². The smallest absolute Gasteiger partial charge is 0.339 e. The molecule has 0 heterocycles. The van der Waals surface area contributed by atoms with Crippen molar-refractivity contribution < 1.29 is 14.3 Å². The van der Waals surface area contributed by atoms with E-state index in [1.807, 2.05) is 18.2 Å². The molecule has 0 unspecified atom stereocenters. The molecule has 0 fully saturated rings. The Kier molecular flexibility index (Phi) is 5.63. The summed E-state index contributed by atoms with van der Waals surface area (Å²) in [6.45, 7) is 5.34. The minimum absolute atomic E-state index is 0.268. The molecule has 0 saturated heterocycles. The molecule has 0 bridgehead atoms. The van der Waals surface area contributed by atoms with Gasteiger partial charge in [-0.15, -0.1) is 0 Å². The van der Waals surface area contributed by atoms with Gasteiger partial charge in [0.15, 0.2) is 0 Å². The third kappa shape index (κ3) is 3.95. The summed E-state index contributed by atoms with van der Waals surface area (Å²) < 4.78 is 4.71. The Labute approximate surface area is 140 Å². The maximum atomic E-state index is 12.4. The Morgan fingerprint density at radius 2 is 1.79 bits per heavy atom. The van der Waals surface area contributed by atoms with E-state index in [0.29, 0.717) is 11.4 Å². The van der Waals surface area contributed by atoms with E-state index in [1.54, 1.807) is 43.3 Å². The quantitative estimate of drug-likeness (QED) is 0.671. The van der Waals surface area contributed by atoms with E-state index in [0.717, 1.165) is 5.56 Å². The molecule has 0 radical (unpaired) electrons. The van der Waals surface area contributed by atoms with Crippen molar-refractivity contribution in [3.8, 4) is 0 Å². The van der Waals surface area contributed by atoms with Gasteiger partial charge >= 0.3 is 5.97 Å². The van der Waals surface area contributed by atoms with Crippen LogP contribution < -0.4 is 5.32 Å². The molecule has 2 aromatic carbocycles. The van der Waals surface area contributed by atoms with E-state index in [2.05, 4.69) is 16.9 Å². The van der Waals surface area contributed by atoms with Crippen LogP contribution in [0.15, 0.2) is 60.1 Å². The SMILES string of the molecule is C=Cc1ccccc1N=C(C)C(=O)Nc1ccccc1C(=O)OC. The zero-order chi connectivity index (χ0) is 17.5. The number of amides is 1. The summed E-state index contributed by atoms with van der Waals surface area (Å²) in [6.07, 6.45) is 1.68. The van der Waals surface area contributed by atoms with Crippen LogP contribution in [-0.2, 0) is 9.53 Å². The lowest BCUT2D eigenvalue weighted by molar-refractivity contribution is -0.110. The number of carbonyl (C=O) groups excluding carboxylic acids is 2. The summed E-state index contributed by atoms with van der Waals surface area (Å²) in [4.78, 5) is 28.4. The van der Waals surface area contributed by atoms with Gasteiger partial charge in [0.05, 0.1) is 24.0 Å². The monoisotopic (exact) mass is 322 g/mol. The van der Waals surface area contributed by atoms with E-state index < -0.39 is 11.9 Å². The van der Waals surface area contributed by atoms with Crippen LogP contribution in [0.5, 0.6) is 0 Å². The number of benzene rings is 2. The van der Waals surface area contributed by atoms with Crippen molar-refractivity contribution in [1.29, 1.82) is 0 Å². The predicted molar refractivity (Wildman–Crippen MR) is 95.7 cm³/mol. The number of aliphatic imine (C=N–C) groups is 1. The lowest BCUT2D eigenvalue weighted by Gasteiger charge is -2.09. The van der Waals surface area contributed by atoms with Crippen LogP contribution in [0.3, 0.4) is 0 Å². The summed E-state index contributed by atoms with van der Waals surface area (Å²) in [7, 11) is 1.29. The van der Waals surface area contributed by atoms with E-state index in [4.69, 9.17) is 4.74 Å². The fourth-order valence-corrected chi connectivity index (χ4v) is 2.09. The Balaban J connectivity index is 2.25. The Morgan fingerprint density at radius 3 is 2.50 bits per heavy atom. The van der Waals surface area contributed by atoms with E-state index in [1.165, 1.54) is 7.11 Å². The molecule has 24 heavy (non-hydrogen) atoms. The molecule has 2 rings (SSSR count). The summed E-state index contributed by atoms with van der Waals surface area (Å²) >= 11 is 0. The molecule has 0 aliphatic heterocycles. The van der Waals surface area contributed by atoms with Crippen molar-refractivity contribution in [3.63, 3.8) is 0 Å². The van der Waals surface area contributed by atoms with Gasteiger partial charge in [-0.3, -0.25) is 4.79 Å². The summed E-state index contributed by atoms with van der Waals surface area (Å²) in [6, 6.07) is 14.0. The molecule has 5 nitrogen and oxygen atoms in total. The number of para-hydroxylation sites is 2. The highest BCUT2D eigenvalue weighted by molar-refractivity contribution is 6.43. The van der Waals surface area contributed by atoms with Crippen LogP contribution in [0.1, 0.15) is 22.8 Å². The Bertz CT molecular complexity index is 810. The molecule has 1 N–H and O–H groups in total. The molecular formula is C19H18N2O3. The van der Waals surface area contributed by atoms with Gasteiger partial charge in [0.2, 0.25) is 0 Å². The summed E-state index contributed by atoms with van der Waals surface area (Å²) in [5.41, 5.74) is 2.42. The largest absolute Gasteiger partial charge is 0.465 e. The maximum Gasteiger partial charge on any atom is 0.339 e. The lowest BCUT2D eigenvalue weighted by atomic mass is 10.1. The first kappa shape index (κ1) is 17.1. The van der Waals surface area contributed by atoms with Crippen molar-refractivity contribution in [1.82, 2.24) is 0 Å². The van der Waals surface area contributed by atoms with Crippen LogP contribution >= 0.6 is 0 Å². The van der Waals surface area contributed by atoms with Crippen LogP contribution in [0.4, 0.5) is 11.4 Å². The first-order chi connectivity index (χ1) is 11.6. The third-order valence-corrected chi connectivity index (χ3v) is 3.35. The molecule has 2 aromatic rings. The molecule has 0 spiro atoms. The van der Waals surface area contributed by atoms with Crippen LogP contribution in [0, 0.1) is 0 Å². The number of rotatable bonds is 5. The summed E-state index contributed by atoms with van der Waals surface area (Å²) in [5.74, 6) is -0.914. The van der Waals surface area contributed by atoms with Gasteiger partial charge < -0.3 is 10.1 Å². The second kappa shape index (κ2) is 7.87. The number of nitrogens with one attached hydrogen (secondary N) is 1. The van der Waals surface area contributed by atoms with Crippen LogP contribution in [0.25, 0.3) is 6.08 Å². The second-order valence-electron chi connectivity index (χ2n) is 4.95. The van der Waals surface area contributed by atoms with E-state index in [-0.39, 0.29) is 11.3 Å². The molecule has 1 amide bonds. The van der Waals surface area contributed by atoms with E-state index in [9.17, 15) is 9.59 Å². The highest BCUT2D eigenvalue weighted by Crippen LogP contribution is 2.20. The maximum absolute atomic E-state index is 12.4. The molecule has 0 saturated carbocycles. The molecule has 0 aliphatic rings. The van der Waals surface area contributed by atoms with Gasteiger partial charge in [0, 0.05) is 0 Å². The predicted octanol–water partition coefficient (Wildman–Crippen LogP) is 3.85. The zero-order valence-corrected chi connectivity index (χ0v) is 13.6. The van der Waals surface area contributed by atoms with Crippen LogP contribution in [0.2, 0.25) is 0 Å². The molecule has 5 heteroatoms. The standard InChI is InChI=1S/C19H18N2O3/c1-4-14-9-5-7-11-16(14)20-13(2)18(22)21-17-12-8-6-10-15(17)19(23)24-3/h4-12H,1H2,2-3H3,(H,21,22). The molecule has 0 aromatic heterocycles. The van der Waals surface area contributed by atoms with Crippen molar-refractivity contribution in [2.75, 3.05) is 12.4 Å². The van der Waals surface area contributed by atoms with Gasteiger partial charge in [-0.05, 0) is 30.7 Å². The highest BCUT2D eigenvalue weighted by atomic mass is 16.5. The molecular weight excluding hydrogens is 304 g/mol. The van der Waals surface area contributed by atoms with Crippen molar-refractivity contribution in [3.05, 3.63) is 66.2 Å². The number of anilines is 1. The third-order valence-electron chi connectivity index (χ3n) is 3.35. The van der Waals surface area contributed by atoms with Crippen molar-refractivity contribution in [2.24, 2.45) is 4.99 Å². The van der Waals surface area contributed by atoms with Crippen molar-refractivity contribution in [2.45, 2.75) is 6.92 Å². The van der Waals surface area contributed by atoms with Crippen LogP contribution in [-0.4, -0.2) is 24.7 Å². The number of hydrogen-bond donors (Lipinski definition) is 1. The van der Waals surface area contributed by atoms with E-state index >= 15 is 0 Å². The summed E-state index contributed by atoms with van der Waals surface area (Å²) in [5, 5.41) is 2.69. The second-order valence-corrected chi connectivity index (χ2v) is 4.95. The lowest BCUT2D eigenvalue weighted by Crippen LogP contribution is -2.21. The fraction of sp³-hybridized carbons (Fsp3) is 0.105. The number of carbonyl (C=O) groups is 2. The fourth-order valence-electron chi connectivity index (χ4n) is 2.09. The number of hydrogen-bond acceptors (Lipinski definition) is 4. The molecule has 0 atom stereocenters. The zero-order valence-electron chi connectivity index (χ0n) is 13.6. The average Bonchev–Trinajstić information content (AvgIpc) is 2.61. The minimum atomic E-state index is -0.516. The Hall–Kier alpha value is -3.21.